The number of hydrogen-bond donors (Lipinski definition) is 1. The van der Waals surface area contributed by atoms with E-state index in [1.54, 1.807) is 24.3 Å². The van der Waals surface area contributed by atoms with E-state index in [1.165, 1.54) is 35.2 Å². The van der Waals surface area contributed by atoms with Gasteiger partial charge in [-0.3, -0.25) is 9.59 Å². The Morgan fingerprint density at radius 3 is 2.56 bits per heavy atom. The normalized spacial score (nSPS) is 10.6. The molecule has 0 spiro atoms. The van der Waals surface area contributed by atoms with Crippen LogP contribution >= 0.6 is 23.1 Å². The average molecular weight is 401 g/mol. The van der Waals surface area contributed by atoms with Crippen molar-refractivity contribution in [2.24, 2.45) is 0 Å². The van der Waals surface area contributed by atoms with Gasteiger partial charge in [0.1, 0.15) is 5.82 Å². The largest absolute Gasteiger partial charge is 0.352 e. The molecule has 0 saturated carbocycles. The fraction of sp³-hybridized carbons (Fsp3) is 0.150. The lowest BCUT2D eigenvalue weighted by molar-refractivity contribution is -0.120. The number of amides is 1. The Morgan fingerprint density at radius 2 is 1.81 bits per heavy atom. The minimum Gasteiger partial charge on any atom is -0.352 e. The molecule has 0 aliphatic heterocycles. The summed E-state index contributed by atoms with van der Waals surface area (Å²) >= 11 is 2.80. The van der Waals surface area contributed by atoms with E-state index in [9.17, 15) is 14.0 Å². The van der Waals surface area contributed by atoms with Gasteiger partial charge in [-0.25, -0.2) is 9.37 Å². The molecule has 1 heterocycles. The van der Waals surface area contributed by atoms with E-state index >= 15 is 0 Å². The van der Waals surface area contributed by atoms with Gasteiger partial charge < -0.3 is 5.32 Å². The highest BCUT2D eigenvalue weighted by atomic mass is 32.2. The van der Waals surface area contributed by atoms with Crippen LogP contribution in [0, 0.1) is 5.82 Å². The second-order valence-corrected chi connectivity index (χ2v) is 7.84. The van der Waals surface area contributed by atoms with Crippen LogP contribution in [0.25, 0.3) is 0 Å². The van der Waals surface area contributed by atoms with Crippen molar-refractivity contribution in [3.8, 4) is 0 Å². The summed E-state index contributed by atoms with van der Waals surface area (Å²) in [5.74, 6) is -0.0902. The lowest BCUT2D eigenvalue weighted by Gasteiger charge is -2.04. The molecule has 138 valence electrons. The van der Waals surface area contributed by atoms with Crippen LogP contribution in [0.1, 0.15) is 21.6 Å². The minimum atomic E-state index is -0.302. The molecule has 0 fully saturated rings. The van der Waals surface area contributed by atoms with Crippen molar-refractivity contribution in [3.05, 3.63) is 82.6 Å². The Labute approximate surface area is 164 Å². The summed E-state index contributed by atoms with van der Waals surface area (Å²) in [6.07, 6.45) is 0.172. The first-order chi connectivity index (χ1) is 13.1. The summed E-state index contributed by atoms with van der Waals surface area (Å²) in [5.41, 5.74) is 2.19. The second-order valence-electron chi connectivity index (χ2n) is 5.76. The zero-order valence-corrected chi connectivity index (χ0v) is 16.0. The predicted molar refractivity (Wildman–Crippen MR) is 106 cm³/mol. The molecule has 0 radical (unpaired) electrons. The van der Waals surface area contributed by atoms with Crippen LogP contribution < -0.4 is 5.32 Å². The number of Topliss-reactive ketones (excluding diaryl/α,β-unsaturated/α-hetero) is 1. The standard InChI is InChI=1S/C20H17FN2O2S2/c21-16-8-6-14(7-9-16)11-22-19(25)10-17-12-26-20(23-17)27-13-18(24)15-4-2-1-3-5-15/h1-9,12H,10-11,13H2,(H,22,25). The number of rotatable bonds is 8. The quantitative estimate of drug-likeness (QED) is 0.457. The fourth-order valence-electron chi connectivity index (χ4n) is 2.30. The fourth-order valence-corrected chi connectivity index (χ4v) is 4.04. The molecular weight excluding hydrogens is 383 g/mol. The van der Waals surface area contributed by atoms with Gasteiger partial charge in [0, 0.05) is 17.5 Å². The SMILES string of the molecule is O=C(Cc1csc(SCC(=O)c2ccccc2)n1)NCc1ccc(F)cc1. The van der Waals surface area contributed by atoms with Crippen molar-refractivity contribution in [3.63, 3.8) is 0 Å². The third kappa shape index (κ3) is 6.01. The Balaban J connectivity index is 1.45. The lowest BCUT2D eigenvalue weighted by Crippen LogP contribution is -2.24. The molecule has 7 heteroatoms. The monoisotopic (exact) mass is 400 g/mol. The Hall–Kier alpha value is -2.51. The number of thioether (sulfide) groups is 1. The third-order valence-electron chi connectivity index (χ3n) is 3.70. The molecule has 2 aromatic carbocycles. The molecule has 0 aliphatic rings. The number of carbonyl (C=O) groups excluding carboxylic acids is 2. The van der Waals surface area contributed by atoms with E-state index in [0.717, 1.165) is 9.90 Å². The van der Waals surface area contributed by atoms with E-state index in [0.29, 0.717) is 23.6 Å². The molecule has 1 amide bonds. The van der Waals surface area contributed by atoms with Crippen molar-refractivity contribution in [2.75, 3.05) is 5.75 Å². The maximum absolute atomic E-state index is 12.9. The lowest BCUT2D eigenvalue weighted by atomic mass is 10.2. The van der Waals surface area contributed by atoms with Crippen LogP contribution in [0.5, 0.6) is 0 Å². The summed E-state index contributed by atoms with van der Waals surface area (Å²) in [4.78, 5) is 28.5. The number of halogens is 1. The Bertz CT molecular complexity index is 911. The Morgan fingerprint density at radius 1 is 1.07 bits per heavy atom. The van der Waals surface area contributed by atoms with Crippen LogP contribution in [0.15, 0.2) is 64.3 Å². The number of nitrogens with one attached hydrogen (secondary N) is 1. The molecule has 3 rings (SSSR count). The zero-order chi connectivity index (χ0) is 19.1. The minimum absolute atomic E-state index is 0.0504. The van der Waals surface area contributed by atoms with Crippen molar-refractivity contribution >= 4 is 34.8 Å². The van der Waals surface area contributed by atoms with Crippen molar-refractivity contribution in [2.45, 2.75) is 17.3 Å². The number of nitrogens with zero attached hydrogens (tertiary/aromatic N) is 1. The number of carbonyl (C=O) groups is 2. The van der Waals surface area contributed by atoms with Crippen LogP contribution in [0.4, 0.5) is 4.39 Å². The number of thiazole rings is 1. The van der Waals surface area contributed by atoms with Gasteiger partial charge >= 0.3 is 0 Å². The van der Waals surface area contributed by atoms with Crippen LogP contribution in [-0.2, 0) is 17.8 Å². The zero-order valence-electron chi connectivity index (χ0n) is 14.4. The van der Waals surface area contributed by atoms with E-state index in [1.807, 2.05) is 23.6 Å². The van der Waals surface area contributed by atoms with Gasteiger partial charge in [0.25, 0.3) is 0 Å². The average Bonchev–Trinajstić information content (AvgIpc) is 3.13. The van der Waals surface area contributed by atoms with E-state index < -0.39 is 0 Å². The molecule has 4 nitrogen and oxygen atoms in total. The van der Waals surface area contributed by atoms with Crippen LogP contribution in [0.2, 0.25) is 0 Å². The summed E-state index contributed by atoms with van der Waals surface area (Å²) in [6.45, 7) is 0.344. The van der Waals surface area contributed by atoms with Gasteiger partial charge in [-0.1, -0.05) is 54.2 Å². The molecule has 0 bridgehead atoms. The van der Waals surface area contributed by atoms with Gasteiger partial charge in [0.2, 0.25) is 5.91 Å². The van der Waals surface area contributed by atoms with Gasteiger partial charge in [0.05, 0.1) is 17.9 Å². The number of aromatic nitrogens is 1. The van der Waals surface area contributed by atoms with Gasteiger partial charge in [-0.15, -0.1) is 11.3 Å². The molecule has 1 N–H and O–H groups in total. The summed E-state index contributed by atoms with van der Waals surface area (Å²) in [7, 11) is 0. The van der Waals surface area contributed by atoms with Crippen molar-refractivity contribution in [1.82, 2.24) is 10.3 Å². The predicted octanol–water partition coefficient (Wildman–Crippen LogP) is 4.12. The van der Waals surface area contributed by atoms with Crippen molar-refractivity contribution < 1.29 is 14.0 Å². The molecule has 3 aromatic rings. The Kier molecular flexibility index (Phi) is 6.73. The van der Waals surface area contributed by atoms with E-state index in [2.05, 4.69) is 10.3 Å². The molecule has 0 atom stereocenters. The first-order valence-corrected chi connectivity index (χ1v) is 10.1. The summed E-state index contributed by atoms with van der Waals surface area (Å²) in [6, 6.07) is 15.1. The highest BCUT2D eigenvalue weighted by Crippen LogP contribution is 2.23. The number of benzene rings is 2. The van der Waals surface area contributed by atoms with E-state index in [4.69, 9.17) is 0 Å². The molecule has 0 aliphatic carbocycles. The topological polar surface area (TPSA) is 59.1 Å². The second kappa shape index (κ2) is 9.43. The van der Waals surface area contributed by atoms with Crippen LogP contribution in [0.3, 0.4) is 0 Å². The summed E-state index contributed by atoms with van der Waals surface area (Å²) < 4.78 is 13.6. The number of hydrogen-bond acceptors (Lipinski definition) is 5. The highest BCUT2D eigenvalue weighted by molar-refractivity contribution is 8.01. The van der Waals surface area contributed by atoms with Crippen LogP contribution in [-0.4, -0.2) is 22.4 Å². The third-order valence-corrected chi connectivity index (χ3v) is 5.77. The number of ketones is 1. The van der Waals surface area contributed by atoms with Crippen molar-refractivity contribution in [1.29, 1.82) is 0 Å². The first kappa shape index (κ1) is 19.3. The maximum Gasteiger partial charge on any atom is 0.226 e. The molecule has 0 saturated heterocycles. The summed E-state index contributed by atoms with van der Waals surface area (Å²) in [5, 5.41) is 4.62. The molecule has 0 unspecified atom stereocenters. The molecular formula is C20H17FN2O2S2. The molecule has 27 heavy (non-hydrogen) atoms. The molecule has 1 aromatic heterocycles. The maximum atomic E-state index is 12.9. The first-order valence-electron chi connectivity index (χ1n) is 8.27. The van der Waals surface area contributed by atoms with Gasteiger partial charge in [-0.05, 0) is 17.7 Å². The van der Waals surface area contributed by atoms with Gasteiger partial charge in [0.15, 0.2) is 10.1 Å². The highest BCUT2D eigenvalue weighted by Gasteiger charge is 2.11. The smallest absolute Gasteiger partial charge is 0.226 e. The van der Waals surface area contributed by atoms with E-state index in [-0.39, 0.29) is 23.9 Å². The van der Waals surface area contributed by atoms with Gasteiger partial charge in [-0.2, -0.15) is 0 Å².